The average Bonchev–Trinajstić information content (AvgIpc) is 3.22. The summed E-state index contributed by atoms with van der Waals surface area (Å²) in [7, 11) is 1.54. The van der Waals surface area contributed by atoms with E-state index < -0.39 is 5.41 Å². The zero-order valence-electron chi connectivity index (χ0n) is 14.1. The number of anilines is 2. The molecule has 1 spiro atoms. The van der Waals surface area contributed by atoms with Crippen molar-refractivity contribution in [2.75, 3.05) is 17.7 Å². The number of benzene rings is 2. The van der Waals surface area contributed by atoms with Crippen molar-refractivity contribution in [2.45, 2.75) is 31.1 Å². The minimum absolute atomic E-state index is 0.0909. The van der Waals surface area contributed by atoms with Crippen molar-refractivity contribution in [3.63, 3.8) is 0 Å². The highest BCUT2D eigenvalue weighted by molar-refractivity contribution is 6.09. The van der Waals surface area contributed by atoms with E-state index in [-0.39, 0.29) is 11.8 Å². The molecule has 0 aromatic heterocycles. The lowest BCUT2D eigenvalue weighted by Gasteiger charge is -2.21. The van der Waals surface area contributed by atoms with Crippen LogP contribution in [0.4, 0.5) is 11.4 Å². The third kappa shape index (κ3) is 2.47. The van der Waals surface area contributed by atoms with Gasteiger partial charge in [-0.15, -0.1) is 0 Å². The maximum atomic E-state index is 12.6. The van der Waals surface area contributed by atoms with Crippen molar-refractivity contribution in [2.24, 2.45) is 0 Å². The first-order valence-electron chi connectivity index (χ1n) is 8.54. The van der Waals surface area contributed by atoms with E-state index in [9.17, 15) is 9.59 Å². The molecule has 128 valence electrons. The smallest absolute Gasteiger partial charge is 0.259 e. The molecule has 2 aromatic carbocycles. The number of carbonyl (C=O) groups is 2. The number of hydrogen-bond acceptors (Lipinski definition) is 3. The molecular formula is C20H20N2O3. The van der Waals surface area contributed by atoms with Crippen molar-refractivity contribution in [1.29, 1.82) is 0 Å². The van der Waals surface area contributed by atoms with Gasteiger partial charge in [-0.2, -0.15) is 0 Å². The van der Waals surface area contributed by atoms with Gasteiger partial charge in [-0.3, -0.25) is 9.59 Å². The molecular weight excluding hydrogens is 316 g/mol. The third-order valence-corrected chi connectivity index (χ3v) is 5.28. The van der Waals surface area contributed by atoms with E-state index in [0.717, 1.165) is 36.9 Å². The molecule has 0 atom stereocenters. The van der Waals surface area contributed by atoms with E-state index in [2.05, 4.69) is 10.6 Å². The van der Waals surface area contributed by atoms with Crippen molar-refractivity contribution in [3.05, 3.63) is 53.6 Å². The molecule has 1 saturated carbocycles. The van der Waals surface area contributed by atoms with Gasteiger partial charge in [0.05, 0.1) is 18.1 Å². The topological polar surface area (TPSA) is 67.4 Å². The molecule has 0 unspecified atom stereocenters. The van der Waals surface area contributed by atoms with Crippen LogP contribution in [0.2, 0.25) is 0 Å². The van der Waals surface area contributed by atoms with E-state index in [1.807, 2.05) is 24.3 Å². The second-order valence-electron chi connectivity index (χ2n) is 6.66. The minimum Gasteiger partial charge on any atom is -0.496 e. The highest BCUT2D eigenvalue weighted by Gasteiger charge is 2.48. The van der Waals surface area contributed by atoms with E-state index in [4.69, 9.17) is 4.74 Å². The van der Waals surface area contributed by atoms with Crippen LogP contribution in [0.1, 0.15) is 41.6 Å². The summed E-state index contributed by atoms with van der Waals surface area (Å²) in [5.41, 5.74) is 2.63. The van der Waals surface area contributed by atoms with Crippen LogP contribution in [-0.4, -0.2) is 18.9 Å². The summed E-state index contributed by atoms with van der Waals surface area (Å²) < 4.78 is 5.25. The molecule has 2 amide bonds. The SMILES string of the molecule is COc1ccccc1C(=O)Nc1ccc2c(c1)C1(CCCC1)C(=O)N2. The monoisotopic (exact) mass is 336 g/mol. The molecule has 1 fully saturated rings. The third-order valence-electron chi connectivity index (χ3n) is 5.28. The normalized spacial score (nSPS) is 17.2. The fourth-order valence-electron chi connectivity index (χ4n) is 4.00. The van der Waals surface area contributed by atoms with Crippen molar-refractivity contribution in [3.8, 4) is 5.75 Å². The van der Waals surface area contributed by atoms with Crippen LogP contribution in [0.3, 0.4) is 0 Å². The molecule has 2 aliphatic rings. The Hall–Kier alpha value is -2.82. The summed E-state index contributed by atoms with van der Waals surface area (Å²) in [6, 6.07) is 12.7. The number of methoxy groups -OCH3 is 1. The molecule has 2 aromatic rings. The first kappa shape index (κ1) is 15.7. The number of carbonyl (C=O) groups excluding carboxylic acids is 2. The summed E-state index contributed by atoms with van der Waals surface area (Å²) in [6.07, 6.45) is 3.86. The predicted octanol–water partition coefficient (Wildman–Crippen LogP) is 3.71. The van der Waals surface area contributed by atoms with Gasteiger partial charge in [-0.05, 0) is 48.7 Å². The quantitative estimate of drug-likeness (QED) is 0.898. The Balaban J connectivity index is 1.64. The summed E-state index contributed by atoms with van der Waals surface area (Å²) in [5.74, 6) is 0.397. The Morgan fingerprint density at radius 1 is 1.16 bits per heavy atom. The Morgan fingerprint density at radius 3 is 2.68 bits per heavy atom. The summed E-state index contributed by atoms with van der Waals surface area (Å²) in [5, 5.41) is 5.91. The van der Waals surface area contributed by atoms with Gasteiger partial charge in [-0.25, -0.2) is 0 Å². The molecule has 0 bridgehead atoms. The number of ether oxygens (including phenoxy) is 1. The Bertz CT molecular complexity index is 854. The fraction of sp³-hybridized carbons (Fsp3) is 0.300. The number of para-hydroxylation sites is 1. The van der Waals surface area contributed by atoms with Gasteiger partial charge < -0.3 is 15.4 Å². The van der Waals surface area contributed by atoms with Crippen LogP contribution in [0.25, 0.3) is 0 Å². The minimum atomic E-state index is -0.416. The van der Waals surface area contributed by atoms with Gasteiger partial charge in [0.2, 0.25) is 5.91 Å². The maximum absolute atomic E-state index is 12.6. The van der Waals surface area contributed by atoms with Crippen LogP contribution in [0.5, 0.6) is 5.75 Å². The van der Waals surface area contributed by atoms with Crippen molar-refractivity contribution < 1.29 is 14.3 Å². The number of fused-ring (bicyclic) bond motifs is 2. The Morgan fingerprint density at radius 2 is 1.92 bits per heavy atom. The molecule has 5 nitrogen and oxygen atoms in total. The van der Waals surface area contributed by atoms with Gasteiger partial charge in [-0.1, -0.05) is 25.0 Å². The number of hydrogen-bond donors (Lipinski definition) is 2. The van der Waals surface area contributed by atoms with Crippen molar-refractivity contribution >= 4 is 23.2 Å². The van der Waals surface area contributed by atoms with Crippen LogP contribution in [0, 0.1) is 0 Å². The summed E-state index contributed by atoms with van der Waals surface area (Å²) >= 11 is 0. The average molecular weight is 336 g/mol. The van der Waals surface area contributed by atoms with Crippen molar-refractivity contribution in [1.82, 2.24) is 0 Å². The van der Waals surface area contributed by atoms with E-state index in [1.54, 1.807) is 25.3 Å². The van der Waals surface area contributed by atoms with Gasteiger partial charge in [0.15, 0.2) is 0 Å². The molecule has 5 heteroatoms. The molecule has 1 aliphatic heterocycles. The molecule has 0 radical (unpaired) electrons. The van der Waals surface area contributed by atoms with Gasteiger partial charge in [0.1, 0.15) is 5.75 Å². The lowest BCUT2D eigenvalue weighted by atomic mass is 9.80. The molecule has 4 rings (SSSR count). The number of amides is 2. The molecule has 0 saturated heterocycles. The molecule has 1 heterocycles. The second-order valence-corrected chi connectivity index (χ2v) is 6.66. The summed E-state index contributed by atoms with van der Waals surface area (Å²) in [4.78, 5) is 25.1. The van der Waals surface area contributed by atoms with Crippen LogP contribution >= 0.6 is 0 Å². The van der Waals surface area contributed by atoms with Gasteiger partial charge >= 0.3 is 0 Å². The zero-order valence-corrected chi connectivity index (χ0v) is 14.1. The first-order chi connectivity index (χ1) is 12.1. The van der Waals surface area contributed by atoms with E-state index in [1.165, 1.54) is 0 Å². The second kappa shape index (κ2) is 5.92. The van der Waals surface area contributed by atoms with Crippen LogP contribution in [0.15, 0.2) is 42.5 Å². The fourth-order valence-corrected chi connectivity index (χ4v) is 4.00. The van der Waals surface area contributed by atoms with Gasteiger partial charge in [0, 0.05) is 11.4 Å². The first-order valence-corrected chi connectivity index (χ1v) is 8.54. The number of nitrogens with one attached hydrogen (secondary N) is 2. The highest BCUT2D eigenvalue weighted by Crippen LogP contribution is 2.49. The van der Waals surface area contributed by atoms with Crippen LogP contribution in [-0.2, 0) is 10.2 Å². The zero-order chi connectivity index (χ0) is 17.4. The maximum Gasteiger partial charge on any atom is 0.259 e. The Kier molecular flexibility index (Phi) is 3.71. The highest BCUT2D eigenvalue weighted by atomic mass is 16.5. The lowest BCUT2D eigenvalue weighted by molar-refractivity contribution is -0.120. The molecule has 1 aliphatic carbocycles. The molecule has 2 N–H and O–H groups in total. The van der Waals surface area contributed by atoms with E-state index >= 15 is 0 Å². The summed E-state index contributed by atoms with van der Waals surface area (Å²) in [6.45, 7) is 0. The predicted molar refractivity (Wildman–Crippen MR) is 96.2 cm³/mol. The molecule has 25 heavy (non-hydrogen) atoms. The van der Waals surface area contributed by atoms with Gasteiger partial charge in [0.25, 0.3) is 5.91 Å². The largest absolute Gasteiger partial charge is 0.496 e. The number of rotatable bonds is 3. The van der Waals surface area contributed by atoms with Crippen LogP contribution < -0.4 is 15.4 Å². The lowest BCUT2D eigenvalue weighted by Crippen LogP contribution is -2.31. The van der Waals surface area contributed by atoms with E-state index in [0.29, 0.717) is 17.0 Å². The standard InChI is InChI=1S/C20H20N2O3/c1-25-17-7-3-2-6-14(17)18(23)21-13-8-9-16-15(12-13)20(19(24)22-16)10-4-5-11-20/h2-3,6-9,12H,4-5,10-11H2,1H3,(H,21,23)(H,22,24). The Labute approximate surface area is 146 Å².